The number of aromatic nitrogens is 7. The molecule has 0 radical (unpaired) electrons. The molecule has 10 nitrogen and oxygen atoms in total. The average molecular weight is 527 g/mol. The van der Waals surface area contributed by atoms with Crippen molar-refractivity contribution in [3.05, 3.63) is 99.6 Å². The summed E-state index contributed by atoms with van der Waals surface area (Å²) in [4.78, 5) is 33.2. The molecule has 2 N–H and O–H groups in total. The van der Waals surface area contributed by atoms with Gasteiger partial charge in [-0.1, -0.05) is 29.8 Å². The van der Waals surface area contributed by atoms with Crippen LogP contribution in [-0.4, -0.2) is 47.7 Å². The van der Waals surface area contributed by atoms with Gasteiger partial charge in [-0.05, 0) is 70.3 Å². The number of benzene rings is 2. The van der Waals surface area contributed by atoms with Gasteiger partial charge in [0, 0.05) is 29.4 Å². The van der Waals surface area contributed by atoms with Gasteiger partial charge in [0.25, 0.3) is 5.56 Å². The first-order valence-electron chi connectivity index (χ1n) is 12.1. The number of aromatic amines is 1. The highest BCUT2D eigenvalue weighted by molar-refractivity contribution is 6.31. The van der Waals surface area contributed by atoms with Crippen LogP contribution < -0.4 is 10.9 Å². The normalized spacial score (nSPS) is 14.4. The van der Waals surface area contributed by atoms with E-state index < -0.39 is 0 Å². The summed E-state index contributed by atoms with van der Waals surface area (Å²) in [6.07, 6.45) is 5.06. The molecule has 1 aliphatic heterocycles. The van der Waals surface area contributed by atoms with E-state index in [1.807, 2.05) is 42.5 Å². The molecular formula is C27H23ClN8O2. The van der Waals surface area contributed by atoms with Crippen LogP contribution in [0.25, 0.3) is 28.1 Å². The number of aryl methyl sites for hydroxylation is 1. The van der Waals surface area contributed by atoms with E-state index in [4.69, 9.17) is 11.6 Å². The van der Waals surface area contributed by atoms with E-state index in [0.717, 1.165) is 58.0 Å². The zero-order chi connectivity index (χ0) is 26.2. The molecule has 3 aromatic heterocycles. The number of nitrogens with one attached hydrogen (secondary N) is 2. The highest BCUT2D eigenvalue weighted by Gasteiger charge is 2.28. The van der Waals surface area contributed by atoms with Crippen molar-refractivity contribution in [2.75, 3.05) is 7.05 Å². The molecule has 1 aliphatic rings. The second-order valence-electron chi connectivity index (χ2n) is 9.15. The molecule has 190 valence electrons. The van der Waals surface area contributed by atoms with Gasteiger partial charge in [-0.2, -0.15) is 4.68 Å². The minimum atomic E-state index is -0.201. The van der Waals surface area contributed by atoms with E-state index >= 15 is 0 Å². The van der Waals surface area contributed by atoms with Gasteiger partial charge in [-0.3, -0.25) is 9.59 Å². The molecule has 6 rings (SSSR count). The van der Waals surface area contributed by atoms with E-state index in [1.165, 1.54) is 6.33 Å². The molecule has 4 heterocycles. The maximum absolute atomic E-state index is 13.4. The maximum atomic E-state index is 13.4. The van der Waals surface area contributed by atoms with Crippen LogP contribution >= 0.6 is 11.6 Å². The topological polar surface area (TPSA) is 123 Å². The molecule has 1 amide bonds. The van der Waals surface area contributed by atoms with E-state index in [2.05, 4.69) is 30.8 Å². The fourth-order valence-corrected chi connectivity index (χ4v) is 5.17. The Labute approximate surface area is 222 Å². The van der Waals surface area contributed by atoms with Crippen LogP contribution in [0.1, 0.15) is 29.5 Å². The number of imidazole rings is 1. The number of nitrogens with zero attached hydrogens (tertiary/aromatic N) is 6. The van der Waals surface area contributed by atoms with Crippen molar-refractivity contribution in [3.8, 4) is 28.1 Å². The van der Waals surface area contributed by atoms with Crippen molar-refractivity contribution < 1.29 is 4.79 Å². The van der Waals surface area contributed by atoms with Gasteiger partial charge in [0.05, 0.1) is 30.0 Å². The predicted molar refractivity (Wildman–Crippen MR) is 142 cm³/mol. The number of carbonyl (C=O) groups is 1. The van der Waals surface area contributed by atoms with Crippen LogP contribution in [0.2, 0.25) is 5.02 Å². The summed E-state index contributed by atoms with van der Waals surface area (Å²) in [5.74, 6) is 0.680. The van der Waals surface area contributed by atoms with Crippen LogP contribution in [0, 0.1) is 0 Å². The highest BCUT2D eigenvalue weighted by atomic mass is 35.5. The van der Waals surface area contributed by atoms with Crippen LogP contribution in [-0.2, 0) is 17.6 Å². The van der Waals surface area contributed by atoms with E-state index in [-0.39, 0.29) is 17.5 Å². The molecule has 0 saturated carbocycles. The third kappa shape index (κ3) is 4.39. The number of halogens is 1. The number of likely N-dealkylation sites (N-methyl/N-ethyl adjacent to an activating group) is 1. The number of hydrogen-bond acceptors (Lipinski definition) is 6. The lowest BCUT2D eigenvalue weighted by molar-refractivity contribution is -0.119. The summed E-state index contributed by atoms with van der Waals surface area (Å²) in [7, 11) is 1.63. The fourth-order valence-electron chi connectivity index (χ4n) is 5.00. The minimum Gasteiger partial charge on any atom is -0.359 e. The zero-order valence-electron chi connectivity index (χ0n) is 20.4. The molecule has 0 saturated heterocycles. The molecule has 5 aromatic rings. The monoisotopic (exact) mass is 526 g/mol. The Morgan fingerprint density at radius 1 is 1.16 bits per heavy atom. The van der Waals surface area contributed by atoms with Gasteiger partial charge < -0.3 is 14.9 Å². The Hall–Kier alpha value is -4.57. The number of rotatable bonds is 6. The SMILES string of the molecule is CNC(=O)Cc1cccc(-c2cnc([C@@H]3CCc4cc(-c5cc(Cl)ccc5-n5cnnn5)cc(=O)n43)[nH]2)c1. The van der Waals surface area contributed by atoms with E-state index in [9.17, 15) is 9.59 Å². The highest BCUT2D eigenvalue weighted by Crippen LogP contribution is 2.34. The van der Waals surface area contributed by atoms with Crippen LogP contribution in [0.15, 0.2) is 71.9 Å². The van der Waals surface area contributed by atoms with Gasteiger partial charge in [-0.25, -0.2) is 4.98 Å². The molecule has 11 heteroatoms. The van der Waals surface area contributed by atoms with Crippen LogP contribution in [0.5, 0.6) is 0 Å². The van der Waals surface area contributed by atoms with Crippen molar-refractivity contribution in [1.82, 2.24) is 40.1 Å². The third-order valence-electron chi connectivity index (χ3n) is 6.79. The van der Waals surface area contributed by atoms with Crippen molar-refractivity contribution in [3.63, 3.8) is 0 Å². The number of pyridine rings is 1. The molecule has 0 aliphatic carbocycles. The van der Waals surface area contributed by atoms with Gasteiger partial charge in [-0.15, -0.1) is 5.10 Å². The molecule has 0 unspecified atom stereocenters. The lowest BCUT2D eigenvalue weighted by Crippen LogP contribution is -2.23. The molecule has 38 heavy (non-hydrogen) atoms. The van der Waals surface area contributed by atoms with Crippen molar-refractivity contribution >= 4 is 17.5 Å². The lowest BCUT2D eigenvalue weighted by atomic mass is 10.0. The van der Waals surface area contributed by atoms with Crippen LogP contribution in [0.4, 0.5) is 0 Å². The summed E-state index contributed by atoms with van der Waals surface area (Å²) in [5, 5.41) is 14.6. The third-order valence-corrected chi connectivity index (χ3v) is 7.03. The standard InChI is InChI=1S/C27H23ClN8O2/c1-29-25(37)10-16-3-2-4-17(9-16)22-14-30-27(32-22)24-8-6-20-11-18(12-26(38)36(20)24)21-13-19(28)5-7-23(21)35-15-31-33-34-35/h2-5,7,9,11-15,24H,6,8,10H2,1H3,(H,29,37)(H,30,32)/t24-/m0/s1. The number of tetrazole rings is 1. The minimum absolute atomic E-state index is 0.0448. The summed E-state index contributed by atoms with van der Waals surface area (Å²) in [6, 6.07) is 16.6. The van der Waals surface area contributed by atoms with Crippen molar-refractivity contribution in [1.29, 1.82) is 0 Å². The van der Waals surface area contributed by atoms with E-state index in [0.29, 0.717) is 11.4 Å². The smallest absolute Gasteiger partial charge is 0.252 e. The Kier molecular flexibility index (Phi) is 6.09. The molecule has 2 aromatic carbocycles. The largest absolute Gasteiger partial charge is 0.359 e. The summed E-state index contributed by atoms with van der Waals surface area (Å²) in [6.45, 7) is 0. The molecule has 1 atom stereocenters. The quantitative estimate of drug-likeness (QED) is 0.350. The molecular weight excluding hydrogens is 504 g/mol. The number of hydrogen-bond donors (Lipinski definition) is 2. The zero-order valence-corrected chi connectivity index (χ0v) is 21.2. The molecule has 0 bridgehead atoms. The molecule has 0 spiro atoms. The van der Waals surface area contributed by atoms with Gasteiger partial charge >= 0.3 is 0 Å². The summed E-state index contributed by atoms with van der Waals surface area (Å²) < 4.78 is 3.35. The first-order chi connectivity index (χ1) is 18.5. The van der Waals surface area contributed by atoms with Crippen molar-refractivity contribution in [2.24, 2.45) is 0 Å². The summed E-state index contributed by atoms with van der Waals surface area (Å²) in [5.41, 5.74) is 5.74. The Balaban J connectivity index is 1.33. The number of carbonyl (C=O) groups excluding carboxylic acids is 1. The molecule has 0 fully saturated rings. The van der Waals surface area contributed by atoms with Crippen LogP contribution in [0.3, 0.4) is 0 Å². The Bertz CT molecular complexity index is 1710. The first-order valence-corrected chi connectivity index (χ1v) is 12.5. The second-order valence-corrected chi connectivity index (χ2v) is 9.58. The number of amides is 1. The maximum Gasteiger partial charge on any atom is 0.252 e. The van der Waals surface area contributed by atoms with Gasteiger partial charge in [0.1, 0.15) is 12.2 Å². The Morgan fingerprint density at radius 2 is 2.05 bits per heavy atom. The van der Waals surface area contributed by atoms with Crippen molar-refractivity contribution in [2.45, 2.75) is 25.3 Å². The lowest BCUT2D eigenvalue weighted by Gasteiger charge is -2.15. The fraction of sp³-hybridized carbons (Fsp3) is 0.185. The Morgan fingerprint density at radius 3 is 2.87 bits per heavy atom. The number of fused-ring (bicyclic) bond motifs is 1. The predicted octanol–water partition coefficient (Wildman–Crippen LogP) is 3.36. The number of H-pyrrole nitrogens is 1. The first kappa shape index (κ1) is 23.8. The van der Waals surface area contributed by atoms with Gasteiger partial charge in [0.2, 0.25) is 5.91 Å². The second kappa shape index (κ2) is 9.71. The average Bonchev–Trinajstić information content (AvgIpc) is 3.69. The summed E-state index contributed by atoms with van der Waals surface area (Å²) >= 11 is 6.31. The van der Waals surface area contributed by atoms with E-state index in [1.54, 1.807) is 34.6 Å². The van der Waals surface area contributed by atoms with Gasteiger partial charge in [0.15, 0.2) is 0 Å².